The summed E-state index contributed by atoms with van der Waals surface area (Å²) in [6.45, 7) is 6.22. The summed E-state index contributed by atoms with van der Waals surface area (Å²) in [6, 6.07) is 18.4. The molecule has 0 aliphatic rings. The Labute approximate surface area is 195 Å². The molecule has 0 unspecified atom stereocenters. The van der Waals surface area contributed by atoms with Crippen LogP contribution in [0, 0.1) is 0 Å². The lowest BCUT2D eigenvalue weighted by molar-refractivity contribution is -0.118. The van der Waals surface area contributed by atoms with Gasteiger partial charge >= 0.3 is 0 Å². The molecule has 0 spiro atoms. The number of aromatic nitrogens is 2. The Morgan fingerprint density at radius 3 is 2.39 bits per heavy atom. The van der Waals surface area contributed by atoms with Crippen LogP contribution in [0.1, 0.15) is 25.0 Å². The Morgan fingerprint density at radius 1 is 1.03 bits per heavy atom. The lowest BCUT2D eigenvalue weighted by Gasteiger charge is -2.20. The number of rotatable bonds is 11. The highest BCUT2D eigenvalue weighted by Crippen LogP contribution is 2.30. The molecule has 1 heterocycles. The third-order valence-electron chi connectivity index (χ3n) is 4.34. The lowest BCUT2D eigenvalue weighted by atomic mass is 10.2. The van der Waals surface area contributed by atoms with Gasteiger partial charge in [0.25, 0.3) is 5.91 Å². The molecule has 2 aromatic carbocycles. The molecule has 162 valence electrons. The van der Waals surface area contributed by atoms with Gasteiger partial charge in [-0.25, -0.2) is 5.43 Å². The number of hydrogen-bond acceptors (Lipinski definition) is 8. The van der Waals surface area contributed by atoms with Crippen LogP contribution >= 0.6 is 34.9 Å². The number of benzene rings is 2. The molecule has 31 heavy (non-hydrogen) atoms. The van der Waals surface area contributed by atoms with E-state index in [1.165, 1.54) is 34.3 Å². The molecule has 3 rings (SSSR count). The Morgan fingerprint density at radius 2 is 1.71 bits per heavy atom. The third-order valence-corrected chi connectivity index (χ3v) is 7.61. The summed E-state index contributed by atoms with van der Waals surface area (Å²) in [7, 11) is 0. The first-order chi connectivity index (χ1) is 15.2. The summed E-state index contributed by atoms with van der Waals surface area (Å²) in [6.07, 6.45) is 1.65. The largest absolute Gasteiger partial charge is 0.372 e. The van der Waals surface area contributed by atoms with Crippen molar-refractivity contribution >= 4 is 52.7 Å². The molecule has 1 aromatic heterocycles. The van der Waals surface area contributed by atoms with E-state index in [4.69, 9.17) is 0 Å². The first-order valence-corrected chi connectivity index (χ1v) is 12.8. The first kappa shape index (κ1) is 23.3. The second-order valence-electron chi connectivity index (χ2n) is 6.45. The highest BCUT2D eigenvalue weighted by Gasteiger charge is 2.08. The second kappa shape index (κ2) is 12.5. The van der Waals surface area contributed by atoms with Crippen LogP contribution in [0.4, 0.5) is 5.69 Å². The van der Waals surface area contributed by atoms with E-state index in [9.17, 15) is 4.79 Å². The molecule has 0 aliphatic carbocycles. The highest BCUT2D eigenvalue weighted by atomic mass is 32.2. The lowest BCUT2D eigenvalue weighted by Crippen LogP contribution is -2.21. The van der Waals surface area contributed by atoms with Gasteiger partial charge in [0, 0.05) is 24.5 Å². The van der Waals surface area contributed by atoms with Gasteiger partial charge in [0.15, 0.2) is 8.68 Å². The van der Waals surface area contributed by atoms with Gasteiger partial charge in [-0.1, -0.05) is 77.3 Å². The van der Waals surface area contributed by atoms with Crippen molar-refractivity contribution in [2.24, 2.45) is 5.10 Å². The number of amides is 1. The number of nitrogens with zero attached hydrogens (tertiary/aromatic N) is 4. The number of carbonyl (C=O) groups is 1. The summed E-state index contributed by atoms with van der Waals surface area (Å²) in [5, 5.41) is 12.4. The van der Waals surface area contributed by atoms with E-state index < -0.39 is 0 Å². The van der Waals surface area contributed by atoms with Crippen molar-refractivity contribution in [3.05, 3.63) is 65.7 Å². The summed E-state index contributed by atoms with van der Waals surface area (Å²) >= 11 is 4.52. The van der Waals surface area contributed by atoms with Crippen molar-refractivity contribution in [3.8, 4) is 0 Å². The third kappa shape index (κ3) is 7.68. The minimum Gasteiger partial charge on any atom is -0.372 e. The average Bonchev–Trinajstić information content (AvgIpc) is 3.27. The monoisotopic (exact) mass is 471 g/mol. The van der Waals surface area contributed by atoms with E-state index in [0.717, 1.165) is 33.1 Å². The molecule has 6 nitrogen and oxygen atoms in total. The summed E-state index contributed by atoms with van der Waals surface area (Å²) < 4.78 is 1.68. The zero-order chi connectivity index (χ0) is 21.9. The van der Waals surface area contributed by atoms with Crippen LogP contribution in [0.2, 0.25) is 0 Å². The molecule has 9 heteroatoms. The molecular weight excluding hydrogens is 446 g/mol. The molecule has 0 fully saturated rings. The highest BCUT2D eigenvalue weighted by molar-refractivity contribution is 8.03. The maximum Gasteiger partial charge on any atom is 0.250 e. The number of thioether (sulfide) groups is 2. The van der Waals surface area contributed by atoms with Crippen molar-refractivity contribution in [1.82, 2.24) is 15.6 Å². The predicted molar refractivity (Wildman–Crippen MR) is 132 cm³/mol. The van der Waals surface area contributed by atoms with E-state index >= 15 is 0 Å². The fraction of sp³-hybridized carbons (Fsp3) is 0.273. The molecule has 0 aliphatic heterocycles. The van der Waals surface area contributed by atoms with Crippen molar-refractivity contribution in [2.75, 3.05) is 23.7 Å². The van der Waals surface area contributed by atoms with Gasteiger partial charge in [0.1, 0.15) is 0 Å². The van der Waals surface area contributed by atoms with Crippen LogP contribution in [0.15, 0.2) is 68.4 Å². The zero-order valence-corrected chi connectivity index (χ0v) is 20.0. The van der Waals surface area contributed by atoms with Crippen LogP contribution in [0.25, 0.3) is 0 Å². The average molecular weight is 472 g/mol. The Hall–Kier alpha value is -2.36. The van der Waals surface area contributed by atoms with Crippen molar-refractivity contribution < 1.29 is 4.79 Å². The summed E-state index contributed by atoms with van der Waals surface area (Å²) in [5.41, 5.74) is 5.93. The number of hydrazone groups is 1. The molecule has 1 N–H and O–H groups in total. The van der Waals surface area contributed by atoms with E-state index in [-0.39, 0.29) is 11.7 Å². The van der Waals surface area contributed by atoms with E-state index in [2.05, 4.69) is 63.7 Å². The molecular formula is C22H25N5OS3. The van der Waals surface area contributed by atoms with Crippen molar-refractivity contribution in [1.29, 1.82) is 0 Å². The summed E-state index contributed by atoms with van der Waals surface area (Å²) in [4.78, 5) is 14.3. The van der Waals surface area contributed by atoms with Gasteiger partial charge < -0.3 is 4.90 Å². The number of carbonyl (C=O) groups excluding carboxylic acids is 1. The smallest absolute Gasteiger partial charge is 0.250 e. The molecule has 0 atom stereocenters. The number of nitrogens with one attached hydrogen (secondary N) is 1. The van der Waals surface area contributed by atoms with E-state index in [1.54, 1.807) is 18.0 Å². The standard InChI is InChI=1S/C22H25N5OS3/c1-3-27(4-2)19-12-10-17(11-13-19)14-23-24-20(28)16-30-22-26-25-21(31-22)29-15-18-8-6-5-7-9-18/h5-14H,3-4,15-16H2,1-2H3,(H,24,28)/b23-14-. The predicted octanol–water partition coefficient (Wildman–Crippen LogP) is 4.92. The van der Waals surface area contributed by atoms with E-state index in [1.807, 2.05) is 30.3 Å². The zero-order valence-electron chi connectivity index (χ0n) is 17.5. The minimum atomic E-state index is -0.172. The van der Waals surface area contributed by atoms with Crippen LogP contribution in [-0.2, 0) is 10.5 Å². The maximum atomic E-state index is 12.0. The van der Waals surface area contributed by atoms with Gasteiger partial charge in [-0.3, -0.25) is 4.79 Å². The molecule has 3 aromatic rings. The molecule has 0 saturated heterocycles. The normalized spacial score (nSPS) is 11.0. The fourth-order valence-electron chi connectivity index (χ4n) is 2.73. The van der Waals surface area contributed by atoms with Crippen LogP contribution in [-0.4, -0.2) is 41.2 Å². The quantitative estimate of drug-likeness (QED) is 0.243. The van der Waals surface area contributed by atoms with Gasteiger partial charge in [0.05, 0.1) is 12.0 Å². The van der Waals surface area contributed by atoms with Crippen LogP contribution in [0.5, 0.6) is 0 Å². The minimum absolute atomic E-state index is 0.172. The molecule has 1 amide bonds. The van der Waals surface area contributed by atoms with Gasteiger partial charge in [0.2, 0.25) is 0 Å². The number of anilines is 1. The first-order valence-electron chi connectivity index (χ1n) is 9.98. The van der Waals surface area contributed by atoms with Gasteiger partial charge in [-0.2, -0.15) is 5.10 Å². The second-order valence-corrected chi connectivity index (χ2v) is 9.88. The van der Waals surface area contributed by atoms with Crippen molar-refractivity contribution in [3.63, 3.8) is 0 Å². The Kier molecular flexibility index (Phi) is 9.39. The van der Waals surface area contributed by atoms with Crippen LogP contribution in [0.3, 0.4) is 0 Å². The Bertz CT molecular complexity index is 972. The molecule has 0 bridgehead atoms. The fourth-order valence-corrected chi connectivity index (χ4v) is 5.50. The maximum absolute atomic E-state index is 12.0. The van der Waals surface area contributed by atoms with Gasteiger partial charge in [-0.15, -0.1) is 10.2 Å². The summed E-state index contributed by atoms with van der Waals surface area (Å²) in [5.74, 6) is 0.927. The topological polar surface area (TPSA) is 70.5 Å². The molecule has 0 saturated carbocycles. The van der Waals surface area contributed by atoms with Gasteiger partial charge in [-0.05, 0) is 37.1 Å². The Balaban J connectivity index is 1.39. The number of hydrogen-bond donors (Lipinski definition) is 1. The molecule has 0 radical (unpaired) electrons. The van der Waals surface area contributed by atoms with Crippen molar-refractivity contribution in [2.45, 2.75) is 28.3 Å². The van der Waals surface area contributed by atoms with Crippen LogP contribution < -0.4 is 10.3 Å². The van der Waals surface area contributed by atoms with E-state index in [0.29, 0.717) is 0 Å². The SMILES string of the molecule is CCN(CC)c1ccc(/C=N\NC(=O)CSc2nnc(SCc3ccccc3)s2)cc1.